The van der Waals surface area contributed by atoms with Crippen molar-refractivity contribution in [2.45, 2.75) is 52.1 Å². The number of aliphatic carboxylic acids is 1. The van der Waals surface area contributed by atoms with Gasteiger partial charge >= 0.3 is 5.97 Å². The second-order valence-corrected chi connectivity index (χ2v) is 5.84. The van der Waals surface area contributed by atoms with Crippen LogP contribution in [0.1, 0.15) is 46.0 Å². The van der Waals surface area contributed by atoms with E-state index in [2.05, 4.69) is 4.74 Å². The standard InChI is InChI=1S/C4H8O2.C4H10O2.C4H8O.C3H6O3.C3H8O.C2H6O/c1-2-6-4-3-5-1;5-3-1-2-4-6;1-2-4-5-3-1;1-2(4)3(5)6;1-2-3-4;1-3-2/h1-4H2;5-6H,1-4H2;1-4H2;2,4H,1H3,(H,5,6);4H,2-3H2,1H3;1-2H3. The molecule has 0 aromatic carbocycles. The van der Waals surface area contributed by atoms with Gasteiger partial charge in [-0.1, -0.05) is 6.92 Å². The molecule has 0 aromatic rings. The molecule has 0 aromatic heterocycles. The van der Waals surface area contributed by atoms with E-state index < -0.39 is 12.1 Å². The van der Waals surface area contributed by atoms with Crippen molar-refractivity contribution in [1.82, 2.24) is 0 Å². The molecule has 1 unspecified atom stereocenters. The minimum absolute atomic E-state index is 0.195. The molecule has 0 spiro atoms. The number of ether oxygens (including phenoxy) is 4. The number of carbonyl (C=O) groups is 1. The molecule has 0 aliphatic carbocycles. The van der Waals surface area contributed by atoms with Crippen molar-refractivity contribution in [1.29, 1.82) is 0 Å². The molecule has 30 heavy (non-hydrogen) atoms. The van der Waals surface area contributed by atoms with Crippen LogP contribution in [-0.2, 0) is 23.7 Å². The normalized spacial score (nSPS) is 14.9. The highest BCUT2D eigenvalue weighted by Gasteiger charge is 2.01. The Morgan fingerprint density at radius 3 is 1.20 bits per heavy atom. The maximum atomic E-state index is 9.45. The van der Waals surface area contributed by atoms with Crippen LogP contribution < -0.4 is 0 Å². The van der Waals surface area contributed by atoms with E-state index in [9.17, 15) is 4.79 Å². The van der Waals surface area contributed by atoms with E-state index in [4.69, 9.17) is 39.7 Å². The van der Waals surface area contributed by atoms with Crippen LogP contribution in [-0.4, -0.2) is 111 Å². The summed E-state index contributed by atoms with van der Waals surface area (Å²) < 4.78 is 19.1. The van der Waals surface area contributed by atoms with Crippen molar-refractivity contribution in [2.75, 3.05) is 73.7 Å². The molecular formula is C20H46O10. The van der Waals surface area contributed by atoms with Gasteiger partial charge in [-0.25, -0.2) is 4.79 Å². The number of hydrogen-bond acceptors (Lipinski definition) is 9. The number of aliphatic hydroxyl groups is 4. The molecule has 10 nitrogen and oxygen atoms in total. The highest BCUT2D eigenvalue weighted by Crippen LogP contribution is 1.98. The first-order chi connectivity index (χ1) is 14.4. The number of carboxylic acids is 1. The number of hydrogen-bond donors (Lipinski definition) is 5. The predicted octanol–water partition coefficient (Wildman–Crippen LogP) is 0.684. The van der Waals surface area contributed by atoms with Gasteiger partial charge in [0.1, 0.15) is 6.10 Å². The zero-order chi connectivity index (χ0) is 23.9. The topological polar surface area (TPSA) is 155 Å². The van der Waals surface area contributed by atoms with Crippen LogP contribution in [0, 0.1) is 0 Å². The van der Waals surface area contributed by atoms with Crippen molar-refractivity contribution < 1.29 is 49.3 Å². The lowest BCUT2D eigenvalue weighted by Gasteiger charge is -2.09. The van der Waals surface area contributed by atoms with Crippen LogP contribution in [0.3, 0.4) is 0 Å². The highest BCUT2D eigenvalue weighted by molar-refractivity contribution is 5.71. The Kier molecular flexibility index (Phi) is 47.1. The zero-order valence-corrected chi connectivity index (χ0v) is 19.3. The SMILES string of the molecule is C1CCOC1.C1COCCO1.CC(O)C(=O)O.CCCO.COC.OCCCCO. The fraction of sp³-hybridized carbons (Fsp3) is 0.950. The molecule has 5 N–H and O–H groups in total. The van der Waals surface area contributed by atoms with Gasteiger partial charge in [0.15, 0.2) is 0 Å². The van der Waals surface area contributed by atoms with E-state index in [1.807, 2.05) is 6.92 Å². The van der Waals surface area contributed by atoms with Crippen molar-refractivity contribution >= 4 is 5.97 Å². The number of rotatable bonds is 5. The van der Waals surface area contributed by atoms with Crippen LogP contribution in [0.5, 0.6) is 0 Å². The van der Waals surface area contributed by atoms with Crippen LogP contribution in [0.15, 0.2) is 0 Å². The smallest absolute Gasteiger partial charge is 0.332 e. The van der Waals surface area contributed by atoms with Gasteiger partial charge in [0.2, 0.25) is 0 Å². The summed E-state index contributed by atoms with van der Waals surface area (Å²) in [6, 6.07) is 0. The Labute approximate surface area is 181 Å². The van der Waals surface area contributed by atoms with E-state index >= 15 is 0 Å². The fourth-order valence-electron chi connectivity index (χ4n) is 1.17. The van der Waals surface area contributed by atoms with Gasteiger partial charge in [-0.05, 0) is 39.0 Å². The second kappa shape index (κ2) is 38.7. The Morgan fingerprint density at radius 2 is 1.10 bits per heavy atom. The van der Waals surface area contributed by atoms with E-state index in [0.717, 1.165) is 58.9 Å². The predicted molar refractivity (Wildman–Crippen MR) is 115 cm³/mol. The van der Waals surface area contributed by atoms with Crippen molar-refractivity contribution in [3.8, 4) is 0 Å². The number of aliphatic hydroxyl groups excluding tert-OH is 4. The maximum absolute atomic E-state index is 9.45. The van der Waals surface area contributed by atoms with Crippen LogP contribution in [0.4, 0.5) is 0 Å². The summed E-state index contributed by atoms with van der Waals surface area (Å²) in [5, 5.41) is 39.8. The maximum Gasteiger partial charge on any atom is 0.332 e. The second-order valence-electron chi connectivity index (χ2n) is 5.84. The fourth-order valence-corrected chi connectivity index (χ4v) is 1.17. The monoisotopic (exact) mass is 446 g/mol. The first-order valence-corrected chi connectivity index (χ1v) is 10.3. The van der Waals surface area contributed by atoms with E-state index in [1.54, 1.807) is 14.2 Å². The highest BCUT2D eigenvalue weighted by atomic mass is 16.6. The first-order valence-electron chi connectivity index (χ1n) is 10.3. The summed E-state index contributed by atoms with van der Waals surface area (Å²) in [6.07, 6.45) is 3.64. The van der Waals surface area contributed by atoms with Gasteiger partial charge in [-0.15, -0.1) is 0 Å². The summed E-state index contributed by atoms with van der Waals surface area (Å²) in [4.78, 5) is 9.45. The molecule has 2 aliphatic heterocycles. The summed E-state index contributed by atoms with van der Waals surface area (Å²) >= 11 is 0. The molecule has 2 heterocycles. The van der Waals surface area contributed by atoms with Crippen LogP contribution in [0.25, 0.3) is 0 Å². The van der Waals surface area contributed by atoms with Crippen molar-refractivity contribution in [3.63, 3.8) is 0 Å². The summed E-state index contributed by atoms with van der Waals surface area (Å²) in [6.45, 7) is 8.95. The number of carboxylic acid groups (broad SMARTS) is 1. The summed E-state index contributed by atoms with van der Waals surface area (Å²) in [5.41, 5.74) is 0. The molecule has 0 radical (unpaired) electrons. The van der Waals surface area contributed by atoms with E-state index in [-0.39, 0.29) is 13.2 Å². The molecule has 2 fully saturated rings. The van der Waals surface area contributed by atoms with Crippen molar-refractivity contribution in [3.05, 3.63) is 0 Å². The Morgan fingerprint density at radius 1 is 0.833 bits per heavy atom. The van der Waals surface area contributed by atoms with Gasteiger partial charge in [0.05, 0.1) is 26.4 Å². The van der Waals surface area contributed by atoms with Gasteiger partial charge in [0, 0.05) is 47.3 Å². The van der Waals surface area contributed by atoms with E-state index in [1.165, 1.54) is 19.8 Å². The molecular weight excluding hydrogens is 400 g/mol. The van der Waals surface area contributed by atoms with Gasteiger partial charge < -0.3 is 44.5 Å². The van der Waals surface area contributed by atoms with Crippen molar-refractivity contribution in [2.24, 2.45) is 0 Å². The molecule has 0 saturated carbocycles. The average molecular weight is 447 g/mol. The Balaban J connectivity index is -0.000000137. The molecule has 2 aliphatic rings. The lowest BCUT2D eigenvalue weighted by atomic mass is 10.3. The molecule has 10 heteroatoms. The lowest BCUT2D eigenvalue weighted by Crippen LogP contribution is -2.16. The Bertz CT molecular complexity index is 245. The molecule has 0 bridgehead atoms. The van der Waals surface area contributed by atoms with Gasteiger partial charge in [0.25, 0.3) is 0 Å². The molecule has 0 amide bonds. The minimum atomic E-state index is -1.23. The quantitative estimate of drug-likeness (QED) is 0.381. The van der Waals surface area contributed by atoms with Gasteiger partial charge in [-0.3, -0.25) is 0 Å². The molecule has 2 rings (SSSR count). The molecule has 186 valence electrons. The largest absolute Gasteiger partial charge is 0.479 e. The summed E-state index contributed by atoms with van der Waals surface area (Å²) in [5.74, 6) is -1.19. The molecule has 1 atom stereocenters. The third kappa shape index (κ3) is 56.4. The van der Waals surface area contributed by atoms with Crippen LogP contribution in [0.2, 0.25) is 0 Å². The van der Waals surface area contributed by atoms with E-state index in [0.29, 0.717) is 6.61 Å². The third-order valence-corrected chi connectivity index (χ3v) is 2.72. The third-order valence-electron chi connectivity index (χ3n) is 2.72. The van der Waals surface area contributed by atoms with Crippen LogP contribution >= 0.6 is 0 Å². The average Bonchev–Trinajstić information content (AvgIpc) is 3.35. The zero-order valence-electron chi connectivity index (χ0n) is 19.3. The van der Waals surface area contributed by atoms with Gasteiger partial charge in [-0.2, -0.15) is 0 Å². The Hall–Kier alpha value is -0.850. The lowest BCUT2D eigenvalue weighted by molar-refractivity contribution is -0.145. The minimum Gasteiger partial charge on any atom is -0.479 e. The number of methoxy groups -OCH3 is 1. The first kappa shape index (κ1) is 36.5. The molecule has 2 saturated heterocycles. The number of unbranched alkanes of at least 4 members (excludes halogenated alkanes) is 1. The summed E-state index contributed by atoms with van der Waals surface area (Å²) in [7, 11) is 3.25.